The monoisotopic (exact) mass is 622 g/mol. The largest absolute Gasteiger partial charge is 0.379 e. The zero-order chi connectivity index (χ0) is 31.4. The molecule has 44 heavy (non-hydrogen) atoms. The lowest BCUT2D eigenvalue weighted by Crippen LogP contribution is -2.36. The fraction of sp³-hybridized carbons (Fsp3) is 0.323. The third-order valence-electron chi connectivity index (χ3n) is 7.26. The zero-order valence-corrected chi connectivity index (χ0v) is 25.3. The number of nitrogens with zero attached hydrogens (tertiary/aromatic N) is 4. The van der Waals surface area contributed by atoms with E-state index in [2.05, 4.69) is 31.9 Å². The first-order valence-corrected chi connectivity index (χ1v) is 15.5. The Morgan fingerprint density at radius 1 is 1.09 bits per heavy atom. The van der Waals surface area contributed by atoms with Crippen LogP contribution in [0.15, 0.2) is 53.6 Å². The molecule has 1 amide bonds. The van der Waals surface area contributed by atoms with Crippen molar-refractivity contribution in [1.82, 2.24) is 29.7 Å². The number of fused-ring (bicyclic) bond motifs is 1. The zero-order valence-electron chi connectivity index (χ0n) is 24.5. The molecule has 13 heteroatoms. The average Bonchev–Trinajstić information content (AvgIpc) is 3.34. The molecule has 4 aromatic rings. The molecule has 2 aromatic heterocycles. The molecule has 0 saturated carbocycles. The van der Waals surface area contributed by atoms with Gasteiger partial charge in [-0.05, 0) is 55.3 Å². The molecule has 0 unspecified atom stereocenters. The van der Waals surface area contributed by atoms with Gasteiger partial charge < -0.3 is 10.1 Å². The third kappa shape index (κ3) is 6.95. The van der Waals surface area contributed by atoms with Crippen LogP contribution in [0.4, 0.5) is 8.78 Å². The number of benzene rings is 2. The van der Waals surface area contributed by atoms with Crippen LogP contribution in [0.3, 0.4) is 0 Å². The van der Waals surface area contributed by atoms with Crippen LogP contribution in [0.1, 0.15) is 29.9 Å². The van der Waals surface area contributed by atoms with Crippen LogP contribution in [0.5, 0.6) is 0 Å². The molecule has 0 radical (unpaired) electrons. The van der Waals surface area contributed by atoms with Gasteiger partial charge in [0.15, 0.2) is 5.03 Å². The first kappa shape index (κ1) is 31.2. The number of hydrogen-bond donors (Lipinski definition) is 2. The summed E-state index contributed by atoms with van der Waals surface area (Å²) >= 11 is 0. The number of sulfonamides is 1. The van der Waals surface area contributed by atoms with Crippen molar-refractivity contribution in [1.29, 1.82) is 0 Å². The van der Waals surface area contributed by atoms with E-state index in [4.69, 9.17) is 9.72 Å². The van der Waals surface area contributed by atoms with Crippen molar-refractivity contribution in [3.05, 3.63) is 77.1 Å². The summed E-state index contributed by atoms with van der Waals surface area (Å²) in [7, 11) is -0.924. The van der Waals surface area contributed by atoms with Gasteiger partial charge >= 0.3 is 0 Å². The van der Waals surface area contributed by atoms with Crippen LogP contribution in [0, 0.1) is 23.5 Å². The highest BCUT2D eigenvalue weighted by Gasteiger charge is 2.26. The smallest absolute Gasteiger partial charge is 0.260 e. The minimum atomic E-state index is -3.88. The highest BCUT2D eigenvalue weighted by atomic mass is 32.2. The van der Waals surface area contributed by atoms with Crippen molar-refractivity contribution in [2.24, 2.45) is 7.05 Å². The second kappa shape index (κ2) is 13.2. The molecule has 10 nitrogen and oxygen atoms in total. The lowest BCUT2D eigenvalue weighted by Gasteiger charge is -2.24. The molecule has 5 rings (SSSR count). The first-order valence-electron chi connectivity index (χ1n) is 14.0. The van der Waals surface area contributed by atoms with Crippen molar-refractivity contribution < 1.29 is 26.7 Å². The van der Waals surface area contributed by atoms with Gasteiger partial charge in [0, 0.05) is 49.6 Å². The minimum Gasteiger partial charge on any atom is -0.379 e. The van der Waals surface area contributed by atoms with Gasteiger partial charge in [-0.2, -0.15) is 5.10 Å². The van der Waals surface area contributed by atoms with E-state index in [-0.39, 0.29) is 17.4 Å². The number of para-hydroxylation sites is 1. The fourth-order valence-corrected chi connectivity index (χ4v) is 6.16. The SMILES string of the molecule is CNS(=O)(=O)c1nn(C)c2c(-c3ccc(C#CCN4CCOCC4)nc3[C@H](Cc3cc(F)cc(F)c3)NC(C)=O)cccc12. The van der Waals surface area contributed by atoms with Crippen molar-refractivity contribution in [3.63, 3.8) is 0 Å². The maximum atomic E-state index is 14.2. The van der Waals surface area contributed by atoms with Crippen LogP contribution >= 0.6 is 0 Å². The molecule has 1 atom stereocenters. The van der Waals surface area contributed by atoms with Crippen LogP contribution in [-0.4, -0.2) is 73.9 Å². The van der Waals surface area contributed by atoms with Crippen LogP contribution in [0.25, 0.3) is 22.0 Å². The molecule has 2 N–H and O–H groups in total. The van der Waals surface area contributed by atoms with E-state index >= 15 is 0 Å². The minimum absolute atomic E-state index is 0.0274. The molecular weight excluding hydrogens is 590 g/mol. The van der Waals surface area contributed by atoms with Gasteiger partial charge in [0.2, 0.25) is 5.91 Å². The number of aryl methyl sites for hydroxylation is 1. The standard InChI is InChI=1S/C31H32F2N6O4S/c1-20(40)35-28(18-21-16-22(32)19-23(33)17-21)29-25(10-9-24(36-29)6-5-11-39-12-14-43-15-13-39)26-7-4-8-27-30(26)38(3)37-31(27)44(41,42)34-2/h4,7-10,16-17,19,28,34H,11-15,18H2,1-3H3,(H,35,40)/t28-/m0/s1. The number of nitrogens with one attached hydrogen (secondary N) is 2. The summed E-state index contributed by atoms with van der Waals surface area (Å²) in [4.78, 5) is 19.5. The van der Waals surface area contributed by atoms with Crippen LogP contribution in [-0.2, 0) is 33.0 Å². The molecular formula is C31H32F2N6O4S. The Kier molecular flexibility index (Phi) is 9.36. The number of amides is 1. The Bertz CT molecular complexity index is 1860. The van der Waals surface area contributed by atoms with E-state index < -0.39 is 27.7 Å². The second-order valence-electron chi connectivity index (χ2n) is 10.4. The molecule has 230 valence electrons. The topological polar surface area (TPSA) is 118 Å². The highest BCUT2D eigenvalue weighted by molar-refractivity contribution is 7.89. The normalized spacial score (nSPS) is 14.7. The number of carbonyl (C=O) groups excluding carboxylic acids is 1. The summed E-state index contributed by atoms with van der Waals surface area (Å²) in [5.74, 6) is 4.40. The molecule has 1 saturated heterocycles. The Morgan fingerprint density at radius 3 is 2.50 bits per heavy atom. The molecule has 0 spiro atoms. The Labute approximate surface area is 254 Å². The van der Waals surface area contributed by atoms with Gasteiger partial charge in [-0.3, -0.25) is 14.4 Å². The number of carbonyl (C=O) groups is 1. The number of hydrogen-bond acceptors (Lipinski definition) is 7. The number of pyridine rings is 1. The average molecular weight is 623 g/mol. The summed E-state index contributed by atoms with van der Waals surface area (Å²) in [5, 5.41) is 7.43. The van der Waals surface area contributed by atoms with E-state index in [1.165, 1.54) is 30.8 Å². The van der Waals surface area contributed by atoms with Crippen molar-refractivity contribution in [2.45, 2.75) is 24.4 Å². The summed E-state index contributed by atoms with van der Waals surface area (Å²) in [5.41, 5.74) is 2.85. The summed E-state index contributed by atoms with van der Waals surface area (Å²) in [6.07, 6.45) is 0.0274. The lowest BCUT2D eigenvalue weighted by atomic mass is 9.94. The predicted molar refractivity (Wildman–Crippen MR) is 161 cm³/mol. The van der Waals surface area contributed by atoms with Crippen molar-refractivity contribution in [3.8, 4) is 23.0 Å². The van der Waals surface area contributed by atoms with Gasteiger partial charge in [0.25, 0.3) is 10.0 Å². The number of halogens is 2. The molecule has 1 aliphatic heterocycles. The number of ether oxygens (including phenoxy) is 1. The van der Waals surface area contributed by atoms with Gasteiger partial charge in [0.1, 0.15) is 17.3 Å². The Hall–Kier alpha value is -4.22. The van der Waals surface area contributed by atoms with E-state index in [9.17, 15) is 22.0 Å². The maximum absolute atomic E-state index is 14.2. The van der Waals surface area contributed by atoms with E-state index in [0.717, 1.165) is 19.2 Å². The quantitative estimate of drug-likeness (QED) is 0.290. The number of aromatic nitrogens is 3. The maximum Gasteiger partial charge on any atom is 0.260 e. The van der Waals surface area contributed by atoms with Gasteiger partial charge in [-0.25, -0.2) is 26.9 Å². The van der Waals surface area contributed by atoms with Crippen LogP contribution in [0.2, 0.25) is 0 Å². The Balaban J connectivity index is 1.67. The van der Waals surface area contributed by atoms with Crippen molar-refractivity contribution in [2.75, 3.05) is 39.9 Å². The number of morpholine rings is 1. The van der Waals surface area contributed by atoms with Crippen molar-refractivity contribution >= 4 is 26.8 Å². The van der Waals surface area contributed by atoms with E-state index in [1.807, 2.05) is 0 Å². The summed E-state index contributed by atoms with van der Waals surface area (Å²) < 4.78 is 63.0. The molecule has 3 heterocycles. The summed E-state index contributed by atoms with van der Waals surface area (Å²) in [6.45, 7) is 4.73. The first-order chi connectivity index (χ1) is 21.1. The molecule has 2 aromatic carbocycles. The molecule has 0 bridgehead atoms. The lowest BCUT2D eigenvalue weighted by molar-refractivity contribution is -0.119. The molecule has 0 aliphatic carbocycles. The second-order valence-corrected chi connectivity index (χ2v) is 12.2. The Morgan fingerprint density at radius 2 is 1.82 bits per heavy atom. The van der Waals surface area contributed by atoms with Gasteiger partial charge in [-0.15, -0.1) is 0 Å². The third-order valence-corrected chi connectivity index (χ3v) is 8.61. The van der Waals surface area contributed by atoms with E-state index in [1.54, 1.807) is 37.4 Å². The highest BCUT2D eigenvalue weighted by Crippen LogP contribution is 2.36. The molecule has 1 aliphatic rings. The predicted octanol–water partition coefficient (Wildman–Crippen LogP) is 2.93. The molecule has 1 fully saturated rings. The van der Waals surface area contributed by atoms with E-state index in [0.29, 0.717) is 58.7 Å². The van der Waals surface area contributed by atoms with Gasteiger partial charge in [-0.1, -0.05) is 18.1 Å². The number of rotatable bonds is 8. The van der Waals surface area contributed by atoms with Gasteiger partial charge in [0.05, 0.1) is 37.0 Å². The van der Waals surface area contributed by atoms with Crippen LogP contribution < -0.4 is 10.0 Å². The summed E-state index contributed by atoms with van der Waals surface area (Å²) in [6, 6.07) is 11.1. The fourth-order valence-electron chi connectivity index (χ4n) is 5.28.